The number of benzene rings is 2. The number of aromatic nitrogens is 2. The van der Waals surface area contributed by atoms with Gasteiger partial charge in [-0.1, -0.05) is 13.8 Å². The van der Waals surface area contributed by atoms with Gasteiger partial charge in [0.1, 0.15) is 24.2 Å². The number of halogens is 2. The third-order valence-electron chi connectivity index (χ3n) is 5.67. The number of hydrogen-bond donors (Lipinski definition) is 2. The van der Waals surface area contributed by atoms with Gasteiger partial charge in [-0.05, 0) is 36.4 Å². The highest BCUT2D eigenvalue weighted by Gasteiger charge is 2.26. The van der Waals surface area contributed by atoms with Gasteiger partial charge in [-0.3, -0.25) is 9.11 Å². The average Bonchev–Trinajstić information content (AvgIpc) is 2.81. The van der Waals surface area contributed by atoms with Crippen molar-refractivity contribution >= 4 is 32.8 Å². The van der Waals surface area contributed by atoms with Gasteiger partial charge < -0.3 is 9.59 Å². The molecule has 1 aromatic heterocycles. The maximum Gasteiger partial charge on any atom is 0.294 e. The van der Waals surface area contributed by atoms with Crippen LogP contribution >= 0.6 is 0 Å². The molecule has 38 heavy (non-hydrogen) atoms. The summed E-state index contributed by atoms with van der Waals surface area (Å²) in [6.07, 6.45) is 0.938. The van der Waals surface area contributed by atoms with E-state index in [-0.39, 0.29) is 46.7 Å². The van der Waals surface area contributed by atoms with Gasteiger partial charge in [-0.25, -0.2) is 18.7 Å². The monoisotopic (exact) mass is 568 g/mol. The minimum atomic E-state index is -4.82. The van der Waals surface area contributed by atoms with Crippen LogP contribution in [0.4, 0.5) is 8.78 Å². The molecule has 0 saturated carbocycles. The van der Waals surface area contributed by atoms with E-state index in [1.165, 1.54) is 0 Å². The van der Waals surface area contributed by atoms with Crippen LogP contribution in [0.2, 0.25) is 0 Å². The van der Waals surface area contributed by atoms with Gasteiger partial charge in [-0.2, -0.15) is 16.8 Å². The Kier molecular flexibility index (Phi) is 8.51. The Morgan fingerprint density at radius 1 is 0.711 bits per heavy atom. The van der Waals surface area contributed by atoms with Gasteiger partial charge in [0.2, 0.25) is 0 Å². The molecule has 0 aliphatic rings. The van der Waals surface area contributed by atoms with E-state index in [0.717, 1.165) is 24.3 Å². The lowest BCUT2D eigenvalue weighted by Crippen LogP contribution is -2.12. The van der Waals surface area contributed by atoms with E-state index in [1.54, 1.807) is 13.8 Å². The SMILES string of the molecule is CC(CC=O)c1nc(-c2cc(F)cc(S(=O)(=O)O)c2)c(C(C)CC=O)nc1-c1cc(F)cc(S(=O)(=O)O)c1. The minimum absolute atomic E-state index is 0.0405. The molecule has 1 heterocycles. The molecule has 2 N–H and O–H groups in total. The number of carbonyl (C=O) groups excluding carboxylic acids is 2. The maximum atomic E-state index is 14.4. The zero-order valence-electron chi connectivity index (χ0n) is 20.0. The third kappa shape index (κ3) is 6.51. The van der Waals surface area contributed by atoms with Crippen molar-refractivity contribution < 1.29 is 44.3 Å². The number of hydrogen-bond acceptors (Lipinski definition) is 8. The first kappa shape index (κ1) is 29.1. The molecule has 0 fully saturated rings. The van der Waals surface area contributed by atoms with Crippen molar-refractivity contribution in [2.75, 3.05) is 0 Å². The summed E-state index contributed by atoms with van der Waals surface area (Å²) in [7, 11) is -9.64. The van der Waals surface area contributed by atoms with Gasteiger partial charge in [0.05, 0.1) is 32.6 Å². The standard InChI is InChI=1S/C24H22F2N2O8S2/c1-13(3-5-29)21-23(15-7-17(25)11-19(9-15)37(31,32)33)28-22(14(2)4-6-30)24(27-21)16-8-18(26)12-20(10-16)38(34,35)36/h5-14H,3-4H2,1-2H3,(H,31,32,33)(H,34,35,36). The first-order valence-corrected chi connectivity index (χ1v) is 13.9. The first-order valence-electron chi connectivity index (χ1n) is 11.0. The Bertz CT molecular complexity index is 1510. The highest BCUT2D eigenvalue weighted by Crippen LogP contribution is 2.37. The number of nitrogens with zero attached hydrogens (tertiary/aromatic N) is 2. The zero-order valence-corrected chi connectivity index (χ0v) is 21.6. The summed E-state index contributed by atoms with van der Waals surface area (Å²) in [5.41, 5.74) is -0.320. The van der Waals surface area contributed by atoms with Crippen LogP contribution in [0.3, 0.4) is 0 Å². The van der Waals surface area contributed by atoms with Gasteiger partial charge >= 0.3 is 0 Å². The largest absolute Gasteiger partial charge is 0.303 e. The van der Waals surface area contributed by atoms with E-state index in [2.05, 4.69) is 9.97 Å². The van der Waals surface area contributed by atoms with E-state index in [0.29, 0.717) is 24.7 Å². The second-order valence-electron chi connectivity index (χ2n) is 8.60. The molecule has 0 aliphatic heterocycles. The predicted octanol–water partition coefficient (Wildman–Crippen LogP) is 3.97. The van der Waals surface area contributed by atoms with E-state index in [4.69, 9.17) is 0 Å². The Morgan fingerprint density at radius 3 is 1.34 bits per heavy atom. The summed E-state index contributed by atoms with van der Waals surface area (Å²) >= 11 is 0. The van der Waals surface area contributed by atoms with Crippen LogP contribution < -0.4 is 0 Å². The number of aldehydes is 2. The second kappa shape index (κ2) is 11.1. The summed E-state index contributed by atoms with van der Waals surface area (Å²) < 4.78 is 94.5. The molecule has 0 amide bonds. The van der Waals surface area contributed by atoms with Gasteiger partial charge in [-0.15, -0.1) is 0 Å². The molecule has 2 aromatic carbocycles. The molecule has 2 atom stereocenters. The van der Waals surface area contributed by atoms with Crippen molar-refractivity contribution in [3.8, 4) is 22.5 Å². The van der Waals surface area contributed by atoms with E-state index < -0.39 is 53.5 Å². The molecule has 14 heteroatoms. The summed E-state index contributed by atoms with van der Waals surface area (Å²) in [5, 5.41) is 0. The summed E-state index contributed by atoms with van der Waals surface area (Å²) in [4.78, 5) is 30.1. The van der Waals surface area contributed by atoms with Gasteiger partial charge in [0, 0.05) is 35.8 Å². The number of carbonyl (C=O) groups is 2. The second-order valence-corrected chi connectivity index (χ2v) is 11.4. The minimum Gasteiger partial charge on any atom is -0.303 e. The van der Waals surface area contributed by atoms with E-state index in [1.807, 2.05) is 0 Å². The maximum absolute atomic E-state index is 14.4. The summed E-state index contributed by atoms with van der Waals surface area (Å²) in [5.74, 6) is -3.45. The van der Waals surface area contributed by atoms with Crippen molar-refractivity contribution in [3.63, 3.8) is 0 Å². The van der Waals surface area contributed by atoms with Crippen molar-refractivity contribution in [2.24, 2.45) is 0 Å². The molecule has 0 saturated heterocycles. The van der Waals surface area contributed by atoms with Crippen LogP contribution in [0, 0.1) is 11.6 Å². The fourth-order valence-corrected chi connectivity index (χ4v) is 4.86. The van der Waals surface area contributed by atoms with Gasteiger partial charge in [0.25, 0.3) is 20.2 Å². The van der Waals surface area contributed by atoms with Crippen molar-refractivity contribution in [1.82, 2.24) is 9.97 Å². The smallest absolute Gasteiger partial charge is 0.294 e. The fraction of sp³-hybridized carbons (Fsp3) is 0.250. The van der Waals surface area contributed by atoms with Crippen LogP contribution in [0.5, 0.6) is 0 Å². The lowest BCUT2D eigenvalue weighted by molar-refractivity contribution is -0.108. The van der Waals surface area contributed by atoms with Crippen LogP contribution in [0.1, 0.15) is 49.9 Å². The van der Waals surface area contributed by atoms with Crippen molar-refractivity contribution in [3.05, 3.63) is 59.4 Å². The fourth-order valence-electron chi connectivity index (χ4n) is 3.78. The molecular formula is C24H22F2N2O8S2. The highest BCUT2D eigenvalue weighted by molar-refractivity contribution is 7.86. The Morgan fingerprint density at radius 2 is 1.05 bits per heavy atom. The Labute approximate surface area is 217 Å². The Balaban J connectivity index is 2.46. The molecule has 10 nitrogen and oxygen atoms in total. The molecule has 3 rings (SSSR count). The molecule has 0 spiro atoms. The molecule has 2 unspecified atom stereocenters. The van der Waals surface area contributed by atoms with E-state index in [9.17, 15) is 44.3 Å². The lowest BCUT2D eigenvalue weighted by atomic mass is 9.94. The average molecular weight is 569 g/mol. The highest BCUT2D eigenvalue weighted by atomic mass is 32.2. The Hall–Kier alpha value is -3.46. The van der Waals surface area contributed by atoms with Gasteiger partial charge in [0.15, 0.2) is 0 Å². The van der Waals surface area contributed by atoms with Crippen LogP contribution in [-0.2, 0) is 29.8 Å². The van der Waals surface area contributed by atoms with Crippen molar-refractivity contribution in [2.45, 2.75) is 48.3 Å². The molecule has 0 radical (unpaired) electrons. The molecular weight excluding hydrogens is 546 g/mol. The predicted molar refractivity (Wildman–Crippen MR) is 131 cm³/mol. The molecule has 0 aliphatic carbocycles. The lowest BCUT2D eigenvalue weighted by Gasteiger charge is -2.21. The van der Waals surface area contributed by atoms with E-state index >= 15 is 0 Å². The molecule has 3 aromatic rings. The number of rotatable bonds is 10. The first-order chi connectivity index (χ1) is 17.6. The molecule has 202 valence electrons. The zero-order chi connectivity index (χ0) is 28.4. The third-order valence-corrected chi connectivity index (χ3v) is 7.33. The summed E-state index contributed by atoms with van der Waals surface area (Å²) in [6.45, 7) is 3.14. The topological polar surface area (TPSA) is 169 Å². The molecule has 0 bridgehead atoms. The van der Waals surface area contributed by atoms with Crippen LogP contribution in [-0.4, -0.2) is 48.5 Å². The van der Waals surface area contributed by atoms with Crippen molar-refractivity contribution in [1.29, 1.82) is 0 Å². The normalized spacial score (nSPS) is 13.6. The quantitative estimate of drug-likeness (QED) is 0.270. The van der Waals surface area contributed by atoms with Crippen LogP contribution in [0.25, 0.3) is 22.5 Å². The summed E-state index contributed by atoms with van der Waals surface area (Å²) in [6, 6.07) is 4.95. The van der Waals surface area contributed by atoms with Crippen LogP contribution in [0.15, 0.2) is 46.2 Å².